The number of nitrogens with one attached hydrogen (secondary N) is 1. The van der Waals surface area contributed by atoms with Gasteiger partial charge < -0.3 is 9.64 Å². The number of carbonyl (C=O) groups is 1. The molecule has 114 valence electrons. The second-order valence-corrected chi connectivity index (χ2v) is 5.92. The SMILES string of the molecule is CC(C)N1C[C@@H](CNSc2ccc([N+](=O)[O-])cc2)OC1=O. The molecule has 0 bridgehead atoms. The highest BCUT2D eigenvalue weighted by Gasteiger charge is 2.32. The number of non-ortho nitro benzene ring substituents is 1. The van der Waals surface area contributed by atoms with Crippen LogP contribution in [0.2, 0.25) is 0 Å². The number of rotatable bonds is 6. The minimum Gasteiger partial charge on any atom is -0.443 e. The Morgan fingerprint density at radius 2 is 2.14 bits per heavy atom. The predicted octanol–water partition coefficient (Wildman–Crippen LogP) is 2.42. The Balaban J connectivity index is 1.77. The number of nitro groups is 1. The first-order chi connectivity index (χ1) is 9.97. The highest BCUT2D eigenvalue weighted by molar-refractivity contribution is 7.97. The molecule has 0 aliphatic carbocycles. The van der Waals surface area contributed by atoms with Crippen molar-refractivity contribution in [3.8, 4) is 0 Å². The van der Waals surface area contributed by atoms with Crippen LogP contribution < -0.4 is 4.72 Å². The maximum absolute atomic E-state index is 11.6. The van der Waals surface area contributed by atoms with Gasteiger partial charge in [-0.2, -0.15) is 0 Å². The number of amides is 1. The zero-order valence-electron chi connectivity index (χ0n) is 11.8. The molecular formula is C13H17N3O4S. The third-order valence-corrected chi connectivity index (χ3v) is 3.89. The van der Waals surface area contributed by atoms with Crippen molar-refractivity contribution in [2.24, 2.45) is 0 Å². The van der Waals surface area contributed by atoms with Crippen LogP contribution in [0.1, 0.15) is 13.8 Å². The molecule has 1 aromatic rings. The molecule has 1 aromatic carbocycles. The summed E-state index contributed by atoms with van der Waals surface area (Å²) in [5.41, 5.74) is 0.0663. The fourth-order valence-electron chi connectivity index (χ4n) is 1.92. The molecule has 0 unspecified atom stereocenters. The van der Waals surface area contributed by atoms with E-state index in [1.54, 1.807) is 17.0 Å². The normalized spacial score (nSPS) is 18.1. The van der Waals surface area contributed by atoms with Gasteiger partial charge in [-0.15, -0.1) is 0 Å². The lowest BCUT2D eigenvalue weighted by molar-refractivity contribution is -0.384. The van der Waals surface area contributed by atoms with Crippen molar-refractivity contribution < 1.29 is 14.5 Å². The van der Waals surface area contributed by atoms with Crippen molar-refractivity contribution in [3.05, 3.63) is 34.4 Å². The lowest BCUT2D eigenvalue weighted by Gasteiger charge is -2.16. The summed E-state index contributed by atoms with van der Waals surface area (Å²) in [4.78, 5) is 24.2. The van der Waals surface area contributed by atoms with Crippen LogP contribution in [0.3, 0.4) is 0 Å². The van der Waals surface area contributed by atoms with Crippen molar-refractivity contribution in [3.63, 3.8) is 0 Å². The van der Waals surface area contributed by atoms with Gasteiger partial charge in [0.15, 0.2) is 0 Å². The van der Waals surface area contributed by atoms with E-state index in [4.69, 9.17) is 4.74 Å². The smallest absolute Gasteiger partial charge is 0.410 e. The molecule has 0 saturated carbocycles. The van der Waals surface area contributed by atoms with Gasteiger partial charge in [0, 0.05) is 29.6 Å². The Labute approximate surface area is 126 Å². The van der Waals surface area contributed by atoms with E-state index >= 15 is 0 Å². The Hall–Kier alpha value is -1.80. The quantitative estimate of drug-likeness (QED) is 0.493. The largest absolute Gasteiger partial charge is 0.443 e. The summed E-state index contributed by atoms with van der Waals surface area (Å²) in [6.07, 6.45) is -0.456. The minimum atomic E-state index is -0.430. The van der Waals surface area contributed by atoms with Crippen LogP contribution in [0.25, 0.3) is 0 Å². The summed E-state index contributed by atoms with van der Waals surface area (Å²) >= 11 is 1.36. The summed E-state index contributed by atoms with van der Waals surface area (Å²) in [7, 11) is 0. The second-order valence-electron chi connectivity index (χ2n) is 4.95. The minimum absolute atomic E-state index is 0.0663. The van der Waals surface area contributed by atoms with Gasteiger partial charge in [0.25, 0.3) is 5.69 Å². The first-order valence-electron chi connectivity index (χ1n) is 6.59. The standard InChI is InChI=1S/C13H17N3O4S/c1-9(2)15-8-11(20-13(15)17)7-14-21-12-5-3-10(4-6-12)16(18)19/h3-6,9,11,14H,7-8H2,1-2H3/t11-/m1/s1. The maximum atomic E-state index is 11.6. The van der Waals surface area contributed by atoms with Crippen molar-refractivity contribution in [1.29, 1.82) is 0 Å². The fourth-order valence-corrected chi connectivity index (χ4v) is 2.63. The summed E-state index contributed by atoms with van der Waals surface area (Å²) in [5, 5.41) is 10.5. The third kappa shape index (κ3) is 4.08. The number of hydrogen-bond acceptors (Lipinski definition) is 6. The Bertz CT molecular complexity index is 521. The molecule has 0 aromatic heterocycles. The van der Waals surface area contributed by atoms with E-state index in [9.17, 15) is 14.9 Å². The lowest BCUT2D eigenvalue weighted by atomic mass is 10.3. The highest BCUT2D eigenvalue weighted by atomic mass is 32.2. The molecule has 1 atom stereocenters. The van der Waals surface area contributed by atoms with Crippen LogP contribution in [-0.2, 0) is 4.74 Å². The monoisotopic (exact) mass is 311 g/mol. The number of cyclic esters (lactones) is 1. The molecule has 7 nitrogen and oxygen atoms in total. The van der Waals surface area contributed by atoms with E-state index in [0.717, 1.165) is 4.90 Å². The zero-order chi connectivity index (χ0) is 15.4. The first kappa shape index (κ1) is 15.6. The van der Waals surface area contributed by atoms with Crippen molar-refractivity contribution in [1.82, 2.24) is 9.62 Å². The average molecular weight is 311 g/mol. The third-order valence-electron chi connectivity index (χ3n) is 3.07. The van der Waals surface area contributed by atoms with Crippen LogP contribution in [0.5, 0.6) is 0 Å². The number of carbonyl (C=O) groups excluding carboxylic acids is 1. The molecule has 2 rings (SSSR count). The summed E-state index contributed by atoms with van der Waals surface area (Å²) in [5.74, 6) is 0. The summed E-state index contributed by atoms with van der Waals surface area (Å²) in [6.45, 7) is 4.99. The van der Waals surface area contributed by atoms with E-state index in [1.807, 2.05) is 13.8 Å². The molecule has 0 radical (unpaired) electrons. The van der Waals surface area contributed by atoms with E-state index in [-0.39, 0.29) is 23.9 Å². The summed E-state index contributed by atoms with van der Waals surface area (Å²) < 4.78 is 8.36. The number of benzene rings is 1. The van der Waals surface area contributed by atoms with Gasteiger partial charge >= 0.3 is 6.09 Å². The topological polar surface area (TPSA) is 84.7 Å². The molecule has 1 amide bonds. The molecule has 1 N–H and O–H groups in total. The van der Waals surface area contributed by atoms with E-state index in [1.165, 1.54) is 24.1 Å². The number of hydrogen-bond donors (Lipinski definition) is 1. The van der Waals surface area contributed by atoms with Crippen molar-refractivity contribution >= 4 is 23.7 Å². The molecule has 1 aliphatic heterocycles. The molecule has 1 heterocycles. The van der Waals surface area contributed by atoms with Crippen molar-refractivity contribution in [2.45, 2.75) is 30.9 Å². The van der Waals surface area contributed by atoms with Gasteiger partial charge in [-0.1, -0.05) is 0 Å². The van der Waals surface area contributed by atoms with Crippen LogP contribution in [0.15, 0.2) is 29.2 Å². The van der Waals surface area contributed by atoms with Gasteiger partial charge in [-0.05, 0) is 37.9 Å². The maximum Gasteiger partial charge on any atom is 0.410 e. The van der Waals surface area contributed by atoms with Crippen LogP contribution >= 0.6 is 11.9 Å². The highest BCUT2D eigenvalue weighted by Crippen LogP contribution is 2.20. The molecule has 0 spiro atoms. The molecule has 1 fully saturated rings. The van der Waals surface area contributed by atoms with Crippen LogP contribution in [0.4, 0.5) is 10.5 Å². The lowest BCUT2D eigenvalue weighted by Crippen LogP contribution is -2.33. The van der Waals surface area contributed by atoms with Gasteiger partial charge in [0.2, 0.25) is 0 Å². The molecule has 21 heavy (non-hydrogen) atoms. The Morgan fingerprint density at radius 3 is 2.67 bits per heavy atom. The van der Waals surface area contributed by atoms with Gasteiger partial charge in [0.05, 0.1) is 11.5 Å². The van der Waals surface area contributed by atoms with Crippen molar-refractivity contribution in [2.75, 3.05) is 13.1 Å². The van der Waals surface area contributed by atoms with E-state index in [0.29, 0.717) is 13.1 Å². The molecular weight excluding hydrogens is 294 g/mol. The fraction of sp³-hybridized carbons (Fsp3) is 0.462. The van der Waals surface area contributed by atoms with Gasteiger partial charge in [0.1, 0.15) is 6.10 Å². The number of nitrogens with zero attached hydrogens (tertiary/aromatic N) is 2. The molecule has 8 heteroatoms. The van der Waals surface area contributed by atoms with Gasteiger partial charge in [-0.3, -0.25) is 14.8 Å². The van der Waals surface area contributed by atoms with E-state index in [2.05, 4.69) is 4.72 Å². The second kappa shape index (κ2) is 6.77. The van der Waals surface area contributed by atoms with Gasteiger partial charge in [-0.25, -0.2) is 4.79 Å². The predicted molar refractivity (Wildman–Crippen MR) is 79.1 cm³/mol. The van der Waals surface area contributed by atoms with E-state index < -0.39 is 4.92 Å². The average Bonchev–Trinajstić information content (AvgIpc) is 2.80. The van der Waals surface area contributed by atoms with Crippen LogP contribution in [-0.4, -0.2) is 41.2 Å². The van der Waals surface area contributed by atoms with Crippen LogP contribution in [0, 0.1) is 10.1 Å². The zero-order valence-corrected chi connectivity index (χ0v) is 12.6. The first-order valence-corrected chi connectivity index (χ1v) is 7.40. The molecule has 1 aliphatic rings. The molecule has 1 saturated heterocycles. The number of ether oxygens (including phenoxy) is 1. The Kier molecular flexibility index (Phi) is 5.03. The Morgan fingerprint density at radius 1 is 1.48 bits per heavy atom. The number of nitro benzene ring substituents is 1. The summed E-state index contributed by atoms with van der Waals surface area (Å²) in [6, 6.07) is 6.40.